The van der Waals surface area contributed by atoms with E-state index in [4.69, 9.17) is 14.2 Å². The number of carbonyl (C=O) groups is 3. The number of ether oxygens (including phenoxy) is 3. The molecule has 0 radical (unpaired) electrons. The van der Waals surface area contributed by atoms with Crippen molar-refractivity contribution < 1.29 is 28.6 Å². The number of carbonyl (C=O) groups excluding carboxylic acids is 3. The Morgan fingerprint density at radius 1 is 0.284 bits per heavy atom. The monoisotopic (exact) mass is 947 g/mol. The molecule has 0 saturated carbocycles. The van der Waals surface area contributed by atoms with Gasteiger partial charge in [-0.1, -0.05) is 310 Å². The van der Waals surface area contributed by atoms with E-state index < -0.39 is 6.10 Å². The normalized spacial score (nSPS) is 12.0. The molecule has 0 aliphatic carbocycles. The van der Waals surface area contributed by atoms with E-state index in [9.17, 15) is 14.4 Å². The maximum absolute atomic E-state index is 12.9. The Hall–Kier alpha value is -1.59. The van der Waals surface area contributed by atoms with Gasteiger partial charge in [0.1, 0.15) is 13.2 Å². The number of rotatable bonds is 56. The molecule has 0 bridgehead atoms. The van der Waals surface area contributed by atoms with Gasteiger partial charge in [0.2, 0.25) is 0 Å². The van der Waals surface area contributed by atoms with Gasteiger partial charge < -0.3 is 14.2 Å². The molecular formula is C61H118O6. The molecule has 0 saturated heterocycles. The first-order chi connectivity index (χ1) is 32.9. The summed E-state index contributed by atoms with van der Waals surface area (Å²) in [5.41, 5.74) is 0. The Morgan fingerprint density at radius 3 is 0.731 bits per heavy atom. The first kappa shape index (κ1) is 65.4. The summed E-state index contributed by atoms with van der Waals surface area (Å²) < 4.78 is 16.9. The highest BCUT2D eigenvalue weighted by Crippen LogP contribution is 2.18. The van der Waals surface area contributed by atoms with Crippen LogP contribution in [0, 0.1) is 5.92 Å². The number of unbranched alkanes of at least 4 members (excludes halogenated alkanes) is 43. The van der Waals surface area contributed by atoms with Gasteiger partial charge in [0.25, 0.3) is 0 Å². The van der Waals surface area contributed by atoms with Crippen LogP contribution in [0.4, 0.5) is 0 Å². The van der Waals surface area contributed by atoms with Crippen molar-refractivity contribution in [3.8, 4) is 0 Å². The second-order valence-electron chi connectivity index (χ2n) is 21.5. The van der Waals surface area contributed by atoms with Gasteiger partial charge in [0, 0.05) is 19.3 Å². The lowest BCUT2D eigenvalue weighted by atomic mass is 10.0. The second kappa shape index (κ2) is 55.3. The average Bonchev–Trinajstić information content (AvgIpc) is 3.31. The van der Waals surface area contributed by atoms with Crippen LogP contribution in [-0.2, 0) is 28.6 Å². The molecule has 0 aromatic carbocycles. The van der Waals surface area contributed by atoms with Gasteiger partial charge in [-0.2, -0.15) is 0 Å². The quantitative estimate of drug-likeness (QED) is 0.0343. The molecule has 0 rings (SSSR count). The van der Waals surface area contributed by atoms with Crippen molar-refractivity contribution in [3.63, 3.8) is 0 Å². The van der Waals surface area contributed by atoms with Crippen molar-refractivity contribution in [1.29, 1.82) is 0 Å². The Labute approximate surface area is 418 Å². The van der Waals surface area contributed by atoms with Crippen LogP contribution in [0.25, 0.3) is 0 Å². The number of hydrogen-bond donors (Lipinski definition) is 0. The predicted octanol–water partition coefficient (Wildman–Crippen LogP) is 20.2. The highest BCUT2D eigenvalue weighted by Gasteiger charge is 2.19. The largest absolute Gasteiger partial charge is 0.462 e. The molecule has 6 nitrogen and oxygen atoms in total. The van der Waals surface area contributed by atoms with E-state index in [0.29, 0.717) is 19.3 Å². The summed E-state index contributed by atoms with van der Waals surface area (Å²) in [7, 11) is 0. The van der Waals surface area contributed by atoms with Crippen LogP contribution in [0.5, 0.6) is 0 Å². The van der Waals surface area contributed by atoms with Gasteiger partial charge in [-0.05, 0) is 25.2 Å². The summed E-state index contributed by atoms with van der Waals surface area (Å²) in [5, 5.41) is 0. The summed E-state index contributed by atoms with van der Waals surface area (Å²) in [5.74, 6) is -0.0393. The Balaban J connectivity index is 4.23. The van der Waals surface area contributed by atoms with Crippen molar-refractivity contribution in [2.75, 3.05) is 13.2 Å². The van der Waals surface area contributed by atoms with Crippen LogP contribution in [0.15, 0.2) is 0 Å². The topological polar surface area (TPSA) is 78.9 Å². The number of esters is 3. The third-order valence-electron chi connectivity index (χ3n) is 14.0. The zero-order valence-corrected chi connectivity index (χ0v) is 45.9. The van der Waals surface area contributed by atoms with Crippen molar-refractivity contribution >= 4 is 17.9 Å². The van der Waals surface area contributed by atoms with Crippen LogP contribution in [-0.4, -0.2) is 37.2 Å². The molecule has 0 spiro atoms. The molecule has 0 aliphatic heterocycles. The van der Waals surface area contributed by atoms with Crippen LogP contribution in [0.3, 0.4) is 0 Å². The molecule has 398 valence electrons. The SMILES string of the molecule is CCCCCCCCCCCCCCCCCCCCCC(=O)OC[C@H](COC(=O)CCCCCCCCCCC(C)C)OC(=O)CCCCCCCCCCCCCCCCCCCCC. The third kappa shape index (κ3) is 55.2. The number of hydrogen-bond acceptors (Lipinski definition) is 6. The summed E-state index contributed by atoms with van der Waals surface area (Å²) in [6.45, 7) is 9.03. The van der Waals surface area contributed by atoms with E-state index in [1.165, 1.54) is 244 Å². The van der Waals surface area contributed by atoms with Crippen molar-refractivity contribution in [1.82, 2.24) is 0 Å². The highest BCUT2D eigenvalue weighted by atomic mass is 16.6. The lowest BCUT2D eigenvalue weighted by Gasteiger charge is -2.18. The fraction of sp³-hybridized carbons (Fsp3) is 0.951. The molecule has 0 heterocycles. The van der Waals surface area contributed by atoms with E-state index >= 15 is 0 Å². The fourth-order valence-electron chi connectivity index (χ4n) is 9.46. The van der Waals surface area contributed by atoms with Gasteiger partial charge in [0.15, 0.2) is 6.10 Å². The van der Waals surface area contributed by atoms with E-state index in [1.54, 1.807) is 0 Å². The molecule has 0 unspecified atom stereocenters. The molecule has 67 heavy (non-hydrogen) atoms. The van der Waals surface area contributed by atoms with Crippen LogP contribution in [0.1, 0.15) is 349 Å². The van der Waals surface area contributed by atoms with Gasteiger partial charge in [0.05, 0.1) is 0 Å². The van der Waals surface area contributed by atoms with Gasteiger partial charge in [-0.15, -0.1) is 0 Å². The highest BCUT2D eigenvalue weighted by molar-refractivity contribution is 5.71. The van der Waals surface area contributed by atoms with E-state index in [0.717, 1.165) is 63.7 Å². The lowest BCUT2D eigenvalue weighted by molar-refractivity contribution is -0.167. The third-order valence-corrected chi connectivity index (χ3v) is 14.0. The zero-order valence-electron chi connectivity index (χ0n) is 45.9. The first-order valence-electron chi connectivity index (χ1n) is 30.4. The van der Waals surface area contributed by atoms with Gasteiger partial charge >= 0.3 is 17.9 Å². The standard InChI is InChI=1S/C61H118O6/c1-5-7-9-11-13-15-17-19-21-23-25-27-29-31-33-35-40-44-48-52-59(62)65-55-58(56-66-60(63)53-49-45-41-38-37-39-43-47-51-57(3)4)67-61(64)54-50-46-42-36-34-32-30-28-26-24-22-20-18-16-14-12-10-8-6-2/h57-58H,5-56H2,1-4H3/t58-/m1/s1. The average molecular weight is 948 g/mol. The second-order valence-corrected chi connectivity index (χ2v) is 21.5. The van der Waals surface area contributed by atoms with Crippen molar-refractivity contribution in [3.05, 3.63) is 0 Å². The smallest absolute Gasteiger partial charge is 0.306 e. The maximum Gasteiger partial charge on any atom is 0.306 e. The molecular weight excluding hydrogens is 829 g/mol. The fourth-order valence-corrected chi connectivity index (χ4v) is 9.46. The summed E-state index contributed by atoms with van der Waals surface area (Å²) in [6, 6.07) is 0. The van der Waals surface area contributed by atoms with Crippen molar-refractivity contribution in [2.45, 2.75) is 355 Å². The van der Waals surface area contributed by atoms with E-state index in [2.05, 4.69) is 27.7 Å². The minimum atomic E-state index is -0.762. The Morgan fingerprint density at radius 2 is 0.493 bits per heavy atom. The predicted molar refractivity (Wildman–Crippen MR) is 289 cm³/mol. The van der Waals surface area contributed by atoms with Crippen LogP contribution < -0.4 is 0 Å². The molecule has 0 fully saturated rings. The molecule has 0 N–H and O–H groups in total. The van der Waals surface area contributed by atoms with Gasteiger partial charge in [-0.25, -0.2) is 0 Å². The molecule has 0 aliphatic rings. The Kier molecular flexibility index (Phi) is 54.0. The minimum absolute atomic E-state index is 0.0622. The summed E-state index contributed by atoms with van der Waals surface area (Å²) in [6.07, 6.45) is 61.1. The summed E-state index contributed by atoms with van der Waals surface area (Å²) >= 11 is 0. The van der Waals surface area contributed by atoms with Crippen LogP contribution >= 0.6 is 0 Å². The maximum atomic E-state index is 12.9. The molecule has 0 aromatic heterocycles. The van der Waals surface area contributed by atoms with E-state index in [-0.39, 0.29) is 31.1 Å². The van der Waals surface area contributed by atoms with E-state index in [1.807, 2.05) is 0 Å². The minimum Gasteiger partial charge on any atom is -0.462 e. The first-order valence-corrected chi connectivity index (χ1v) is 30.4. The molecule has 0 aromatic rings. The zero-order chi connectivity index (χ0) is 48.8. The summed E-state index contributed by atoms with van der Waals surface area (Å²) in [4.78, 5) is 38.2. The van der Waals surface area contributed by atoms with Gasteiger partial charge in [-0.3, -0.25) is 14.4 Å². The molecule has 1 atom stereocenters. The van der Waals surface area contributed by atoms with Crippen LogP contribution in [0.2, 0.25) is 0 Å². The Bertz CT molecular complexity index is 1010. The lowest BCUT2D eigenvalue weighted by Crippen LogP contribution is -2.30. The molecule has 0 amide bonds. The van der Waals surface area contributed by atoms with Crippen molar-refractivity contribution in [2.24, 2.45) is 5.92 Å². The molecule has 6 heteroatoms.